The molecule has 2 amide bonds. The Morgan fingerprint density at radius 1 is 1.17 bits per heavy atom. The molecule has 9 heteroatoms. The molecule has 0 atom stereocenters. The molecule has 0 bridgehead atoms. The van der Waals surface area contributed by atoms with Crippen LogP contribution in [0.3, 0.4) is 0 Å². The highest BCUT2D eigenvalue weighted by Crippen LogP contribution is 2.35. The summed E-state index contributed by atoms with van der Waals surface area (Å²) in [5.41, 5.74) is 1.25. The van der Waals surface area contributed by atoms with Crippen LogP contribution in [0.5, 0.6) is 11.5 Å². The van der Waals surface area contributed by atoms with E-state index in [-0.39, 0.29) is 17.1 Å². The van der Waals surface area contributed by atoms with Crippen LogP contribution in [0, 0.1) is 10.1 Å². The molecule has 1 aliphatic rings. The summed E-state index contributed by atoms with van der Waals surface area (Å²) in [6.45, 7) is 3.97. The Morgan fingerprint density at radius 2 is 1.90 bits per heavy atom. The maximum absolute atomic E-state index is 12.7. The molecule has 2 aromatic rings. The van der Waals surface area contributed by atoms with Gasteiger partial charge >= 0.3 is 0 Å². The number of methoxy groups -OCH3 is 1. The minimum absolute atomic E-state index is 0.0393. The molecule has 0 aromatic heterocycles. The number of amides is 2. The Hall–Kier alpha value is -3.59. The molecule has 0 unspecified atom stereocenters. The van der Waals surface area contributed by atoms with Crippen LogP contribution in [0.4, 0.5) is 10.5 Å². The lowest BCUT2D eigenvalue weighted by molar-refractivity contribution is -0.384. The molecule has 0 radical (unpaired) electrons. The van der Waals surface area contributed by atoms with Crippen molar-refractivity contribution in [3.05, 3.63) is 81.3 Å². The Balaban J connectivity index is 1.77. The van der Waals surface area contributed by atoms with E-state index in [1.807, 2.05) is 0 Å². The zero-order valence-electron chi connectivity index (χ0n) is 16.1. The van der Waals surface area contributed by atoms with Gasteiger partial charge < -0.3 is 9.47 Å². The van der Waals surface area contributed by atoms with Gasteiger partial charge in [0.2, 0.25) is 0 Å². The Labute approximate surface area is 176 Å². The van der Waals surface area contributed by atoms with E-state index in [4.69, 9.17) is 9.47 Å². The van der Waals surface area contributed by atoms with Gasteiger partial charge in [-0.3, -0.25) is 24.6 Å². The summed E-state index contributed by atoms with van der Waals surface area (Å²) in [4.78, 5) is 36.7. The minimum Gasteiger partial charge on any atom is -0.493 e. The molecule has 154 valence electrons. The molecular weight excluding hydrogens is 408 g/mol. The van der Waals surface area contributed by atoms with Crippen LogP contribution < -0.4 is 9.47 Å². The highest BCUT2D eigenvalue weighted by atomic mass is 32.2. The third-order valence-corrected chi connectivity index (χ3v) is 5.11. The van der Waals surface area contributed by atoms with E-state index in [9.17, 15) is 19.7 Å². The average Bonchev–Trinajstić information content (AvgIpc) is 3.00. The standard InChI is InChI=1S/C21H18N2O6S/c1-3-10-29-17-9-6-15(11-18(17)28-2)12-19-20(24)22(21(25)30-19)13-14-4-7-16(8-5-14)23(26)27/h3-9,11-12H,1,10,13H2,2H3/b19-12-. The lowest BCUT2D eigenvalue weighted by Crippen LogP contribution is -2.27. The second-order valence-electron chi connectivity index (χ2n) is 6.20. The first-order valence-electron chi connectivity index (χ1n) is 8.83. The Kier molecular flexibility index (Phi) is 6.53. The van der Waals surface area contributed by atoms with E-state index in [2.05, 4.69) is 6.58 Å². The van der Waals surface area contributed by atoms with E-state index in [1.165, 1.54) is 31.4 Å². The van der Waals surface area contributed by atoms with Crippen LogP contribution in [0.2, 0.25) is 0 Å². The SMILES string of the molecule is C=CCOc1ccc(/C=C2\SC(=O)N(Cc3ccc([N+](=O)[O-])cc3)C2=O)cc1OC. The maximum atomic E-state index is 12.7. The number of benzene rings is 2. The van der Waals surface area contributed by atoms with Crippen LogP contribution >= 0.6 is 11.8 Å². The van der Waals surface area contributed by atoms with Crippen molar-refractivity contribution >= 4 is 34.7 Å². The molecular formula is C21H18N2O6S. The smallest absolute Gasteiger partial charge is 0.293 e. The fourth-order valence-corrected chi connectivity index (χ4v) is 3.57. The number of nitro benzene ring substituents is 1. The molecule has 1 aliphatic heterocycles. The van der Waals surface area contributed by atoms with Crippen molar-refractivity contribution in [3.8, 4) is 11.5 Å². The third-order valence-electron chi connectivity index (χ3n) is 4.20. The fourth-order valence-electron chi connectivity index (χ4n) is 2.74. The van der Waals surface area contributed by atoms with Gasteiger partial charge in [0.15, 0.2) is 11.5 Å². The largest absolute Gasteiger partial charge is 0.493 e. The van der Waals surface area contributed by atoms with Crippen LogP contribution in [-0.2, 0) is 11.3 Å². The zero-order valence-corrected chi connectivity index (χ0v) is 16.9. The number of rotatable bonds is 8. The predicted molar refractivity (Wildman–Crippen MR) is 113 cm³/mol. The first kappa shape index (κ1) is 21.1. The van der Waals surface area contributed by atoms with Crippen molar-refractivity contribution in [2.24, 2.45) is 0 Å². The first-order valence-corrected chi connectivity index (χ1v) is 9.65. The summed E-state index contributed by atoms with van der Waals surface area (Å²) in [7, 11) is 1.51. The number of thioether (sulfide) groups is 1. The number of ether oxygens (including phenoxy) is 2. The van der Waals surface area contributed by atoms with Crippen molar-refractivity contribution in [1.82, 2.24) is 4.90 Å². The molecule has 2 aromatic carbocycles. The molecule has 0 aliphatic carbocycles. The van der Waals surface area contributed by atoms with Crippen molar-refractivity contribution in [2.45, 2.75) is 6.54 Å². The second-order valence-corrected chi connectivity index (χ2v) is 7.19. The molecule has 1 fully saturated rings. The lowest BCUT2D eigenvalue weighted by atomic mass is 10.1. The monoisotopic (exact) mass is 426 g/mol. The van der Waals surface area contributed by atoms with E-state index in [0.29, 0.717) is 29.2 Å². The lowest BCUT2D eigenvalue weighted by Gasteiger charge is -2.12. The summed E-state index contributed by atoms with van der Waals surface area (Å²) in [6, 6.07) is 10.9. The number of non-ortho nitro benzene ring substituents is 1. The molecule has 1 heterocycles. The van der Waals surface area contributed by atoms with E-state index < -0.39 is 16.1 Å². The van der Waals surface area contributed by atoms with Gasteiger partial charge in [0.1, 0.15) is 6.61 Å². The predicted octanol–water partition coefficient (Wildman–Crippen LogP) is 4.40. The molecule has 1 saturated heterocycles. The van der Waals surface area contributed by atoms with Gasteiger partial charge in [0, 0.05) is 12.1 Å². The number of imide groups is 1. The number of nitro groups is 1. The fraction of sp³-hybridized carbons (Fsp3) is 0.143. The highest BCUT2D eigenvalue weighted by Gasteiger charge is 2.35. The number of nitrogens with zero attached hydrogens (tertiary/aromatic N) is 2. The topological polar surface area (TPSA) is 99.0 Å². The van der Waals surface area contributed by atoms with Crippen molar-refractivity contribution in [2.75, 3.05) is 13.7 Å². The van der Waals surface area contributed by atoms with Crippen LogP contribution in [-0.4, -0.2) is 34.7 Å². The van der Waals surface area contributed by atoms with Gasteiger partial charge in [-0.2, -0.15) is 0 Å². The third kappa shape index (κ3) is 4.69. The summed E-state index contributed by atoms with van der Waals surface area (Å²) in [5.74, 6) is 0.617. The first-order chi connectivity index (χ1) is 14.4. The molecule has 0 N–H and O–H groups in total. The number of carbonyl (C=O) groups is 2. The minimum atomic E-state index is -0.505. The van der Waals surface area contributed by atoms with Gasteiger partial charge in [-0.15, -0.1) is 0 Å². The van der Waals surface area contributed by atoms with Gasteiger partial charge in [0.25, 0.3) is 16.8 Å². The summed E-state index contributed by atoms with van der Waals surface area (Å²) < 4.78 is 10.8. The molecule has 3 rings (SSSR count). The number of hydrogen-bond acceptors (Lipinski definition) is 7. The van der Waals surface area contributed by atoms with Crippen molar-refractivity contribution in [1.29, 1.82) is 0 Å². The Bertz CT molecular complexity index is 1030. The number of carbonyl (C=O) groups excluding carboxylic acids is 2. The van der Waals surface area contributed by atoms with Gasteiger partial charge in [-0.25, -0.2) is 0 Å². The van der Waals surface area contributed by atoms with E-state index >= 15 is 0 Å². The van der Waals surface area contributed by atoms with Crippen LogP contribution in [0.1, 0.15) is 11.1 Å². The molecule has 0 spiro atoms. The summed E-state index contributed by atoms with van der Waals surface area (Å²) in [5, 5.41) is 10.4. The summed E-state index contributed by atoms with van der Waals surface area (Å²) >= 11 is 0.840. The summed E-state index contributed by atoms with van der Waals surface area (Å²) in [6.07, 6.45) is 3.23. The van der Waals surface area contributed by atoms with E-state index in [0.717, 1.165) is 16.7 Å². The quantitative estimate of drug-likeness (QED) is 0.267. The van der Waals surface area contributed by atoms with Crippen molar-refractivity contribution in [3.63, 3.8) is 0 Å². The van der Waals surface area contributed by atoms with Gasteiger partial charge in [-0.05, 0) is 41.1 Å². The maximum Gasteiger partial charge on any atom is 0.293 e. The molecule has 30 heavy (non-hydrogen) atoms. The zero-order chi connectivity index (χ0) is 21.7. The van der Waals surface area contributed by atoms with Crippen LogP contribution in [0.15, 0.2) is 60.0 Å². The van der Waals surface area contributed by atoms with Gasteiger partial charge in [0.05, 0.1) is 23.5 Å². The van der Waals surface area contributed by atoms with E-state index in [1.54, 1.807) is 30.4 Å². The molecule has 8 nitrogen and oxygen atoms in total. The van der Waals surface area contributed by atoms with Crippen LogP contribution in [0.25, 0.3) is 6.08 Å². The average molecular weight is 426 g/mol. The van der Waals surface area contributed by atoms with Crippen molar-refractivity contribution < 1.29 is 24.0 Å². The Morgan fingerprint density at radius 3 is 2.53 bits per heavy atom. The second kappa shape index (κ2) is 9.27. The number of hydrogen-bond donors (Lipinski definition) is 0. The normalized spacial score (nSPS) is 14.8. The van der Waals surface area contributed by atoms with Gasteiger partial charge in [-0.1, -0.05) is 30.9 Å². The molecule has 0 saturated carbocycles. The highest BCUT2D eigenvalue weighted by molar-refractivity contribution is 8.18.